The van der Waals surface area contributed by atoms with Crippen molar-refractivity contribution in [1.29, 1.82) is 0 Å². The monoisotopic (exact) mass is 373 g/mol. The summed E-state index contributed by atoms with van der Waals surface area (Å²) in [5.41, 5.74) is 2.86. The van der Waals surface area contributed by atoms with E-state index >= 15 is 0 Å². The summed E-state index contributed by atoms with van der Waals surface area (Å²) in [6.07, 6.45) is 1.24. The van der Waals surface area contributed by atoms with Crippen LogP contribution in [0.25, 0.3) is 11.0 Å². The Hall–Kier alpha value is -3.74. The maximum absolute atomic E-state index is 12.7. The predicted octanol–water partition coefficient (Wildman–Crippen LogP) is 2.59. The minimum Gasteiger partial charge on any atom is -0.309 e. The van der Waals surface area contributed by atoms with Gasteiger partial charge in [0.1, 0.15) is 12.4 Å². The van der Waals surface area contributed by atoms with Crippen molar-refractivity contribution in [3.63, 3.8) is 0 Å². The van der Waals surface area contributed by atoms with Gasteiger partial charge in [-0.2, -0.15) is 5.10 Å². The van der Waals surface area contributed by atoms with Crippen LogP contribution in [-0.4, -0.2) is 25.2 Å². The number of carbonyl (C=O) groups is 1. The fourth-order valence-corrected chi connectivity index (χ4v) is 3.13. The summed E-state index contributed by atoms with van der Waals surface area (Å²) in [5.74, 6) is 0.297. The Labute approximate surface area is 161 Å². The summed E-state index contributed by atoms with van der Waals surface area (Å²) in [5, 5.41) is 7.33. The minimum atomic E-state index is -0.317. The predicted molar refractivity (Wildman–Crippen MR) is 107 cm³/mol. The molecule has 2 heterocycles. The number of fused-ring (bicyclic) bond motifs is 1. The van der Waals surface area contributed by atoms with Gasteiger partial charge in [0, 0.05) is 6.07 Å². The van der Waals surface area contributed by atoms with Crippen molar-refractivity contribution in [3.8, 4) is 0 Å². The van der Waals surface area contributed by atoms with Gasteiger partial charge in [-0.15, -0.1) is 0 Å². The van der Waals surface area contributed by atoms with Gasteiger partial charge in [0.05, 0.1) is 29.5 Å². The maximum Gasteiger partial charge on any atom is 0.269 e. The van der Waals surface area contributed by atoms with Crippen LogP contribution in [0.4, 0.5) is 5.82 Å². The molecule has 4 rings (SSSR count). The van der Waals surface area contributed by atoms with Gasteiger partial charge in [-0.25, -0.2) is 9.67 Å². The molecule has 7 nitrogen and oxygen atoms in total. The first-order valence-corrected chi connectivity index (χ1v) is 8.93. The molecule has 1 amide bonds. The number of benzene rings is 2. The van der Waals surface area contributed by atoms with Gasteiger partial charge in [-0.3, -0.25) is 14.2 Å². The quantitative estimate of drug-likeness (QED) is 0.583. The molecule has 0 unspecified atom stereocenters. The van der Waals surface area contributed by atoms with Crippen molar-refractivity contribution in [2.75, 3.05) is 5.32 Å². The van der Waals surface area contributed by atoms with Gasteiger partial charge >= 0.3 is 0 Å². The molecule has 0 bridgehead atoms. The number of hydrogen-bond acceptors (Lipinski definition) is 4. The molecule has 0 fully saturated rings. The lowest BCUT2D eigenvalue weighted by Gasteiger charge is -2.11. The van der Waals surface area contributed by atoms with Crippen LogP contribution in [0.15, 0.2) is 71.7 Å². The largest absolute Gasteiger partial charge is 0.309 e. The average Bonchev–Trinajstić information content (AvgIpc) is 3.03. The highest BCUT2D eigenvalue weighted by molar-refractivity contribution is 5.90. The van der Waals surface area contributed by atoms with Crippen molar-refractivity contribution >= 4 is 22.8 Å². The second-order valence-electron chi connectivity index (χ2n) is 6.53. The molecule has 2 aromatic heterocycles. The number of nitrogens with one attached hydrogen (secondary N) is 1. The lowest BCUT2D eigenvalue weighted by Crippen LogP contribution is -2.28. The van der Waals surface area contributed by atoms with Crippen molar-refractivity contribution in [1.82, 2.24) is 19.3 Å². The van der Waals surface area contributed by atoms with E-state index < -0.39 is 0 Å². The second kappa shape index (κ2) is 7.48. The number of carbonyl (C=O) groups excluding carboxylic acids is 1. The van der Waals surface area contributed by atoms with E-state index in [0.29, 0.717) is 23.4 Å². The van der Waals surface area contributed by atoms with Gasteiger partial charge in [0.25, 0.3) is 5.56 Å². The van der Waals surface area contributed by atoms with Crippen LogP contribution in [-0.2, 0) is 17.9 Å². The zero-order valence-electron chi connectivity index (χ0n) is 15.4. The number of hydrogen-bond donors (Lipinski definition) is 1. The van der Waals surface area contributed by atoms with E-state index in [0.717, 1.165) is 11.3 Å². The number of para-hydroxylation sites is 2. The van der Waals surface area contributed by atoms with Crippen molar-refractivity contribution in [2.24, 2.45) is 0 Å². The van der Waals surface area contributed by atoms with Crippen LogP contribution < -0.4 is 10.9 Å². The third-order valence-electron chi connectivity index (χ3n) is 4.40. The van der Waals surface area contributed by atoms with Crippen molar-refractivity contribution in [2.45, 2.75) is 20.0 Å². The SMILES string of the molecule is Cc1cc(NC(=O)Cn2c(=O)cnc3ccccc32)n(Cc2ccccc2)n1. The zero-order valence-corrected chi connectivity index (χ0v) is 15.4. The Morgan fingerprint density at radius 2 is 1.82 bits per heavy atom. The number of rotatable bonds is 5. The smallest absolute Gasteiger partial charge is 0.269 e. The normalized spacial score (nSPS) is 10.9. The molecule has 0 saturated heterocycles. The van der Waals surface area contributed by atoms with Gasteiger partial charge in [0.15, 0.2) is 0 Å². The zero-order chi connectivity index (χ0) is 19.5. The summed E-state index contributed by atoms with van der Waals surface area (Å²) in [6.45, 7) is 2.32. The van der Waals surface area contributed by atoms with Crippen LogP contribution in [0.3, 0.4) is 0 Å². The molecule has 140 valence electrons. The van der Waals surface area contributed by atoms with Gasteiger partial charge in [-0.05, 0) is 24.6 Å². The van der Waals surface area contributed by atoms with Crippen LogP contribution >= 0.6 is 0 Å². The topological polar surface area (TPSA) is 81.8 Å². The molecular weight excluding hydrogens is 354 g/mol. The van der Waals surface area contributed by atoms with E-state index in [9.17, 15) is 9.59 Å². The van der Waals surface area contributed by atoms with E-state index in [1.807, 2.05) is 61.5 Å². The average molecular weight is 373 g/mol. The summed E-state index contributed by atoms with van der Waals surface area (Å²) in [7, 11) is 0. The molecular formula is C21H19N5O2. The molecule has 2 aromatic carbocycles. The molecule has 28 heavy (non-hydrogen) atoms. The number of anilines is 1. The molecule has 0 aliphatic rings. The fraction of sp³-hybridized carbons (Fsp3) is 0.143. The Morgan fingerprint density at radius 1 is 1.07 bits per heavy atom. The minimum absolute atomic E-state index is 0.0998. The van der Waals surface area contributed by atoms with Gasteiger partial charge in [0.2, 0.25) is 5.91 Å². The molecule has 7 heteroatoms. The first kappa shape index (κ1) is 17.7. The van der Waals surface area contributed by atoms with E-state index in [4.69, 9.17) is 0 Å². The molecule has 0 aliphatic carbocycles. The molecule has 0 radical (unpaired) electrons. The van der Waals surface area contributed by atoms with E-state index in [2.05, 4.69) is 15.4 Å². The second-order valence-corrected chi connectivity index (χ2v) is 6.53. The van der Waals surface area contributed by atoms with Crippen LogP contribution in [0.2, 0.25) is 0 Å². The van der Waals surface area contributed by atoms with Crippen molar-refractivity contribution in [3.05, 3.63) is 88.5 Å². The standard InChI is InChI=1S/C21H19N5O2/c1-15-11-19(26(24-15)13-16-7-3-2-4-8-16)23-20(27)14-25-18-10-6-5-9-17(18)22-12-21(25)28/h2-12H,13-14H2,1H3,(H,23,27). The van der Waals surface area contributed by atoms with Crippen molar-refractivity contribution < 1.29 is 4.79 Å². The fourth-order valence-electron chi connectivity index (χ4n) is 3.13. The first-order valence-electron chi connectivity index (χ1n) is 8.93. The summed E-state index contributed by atoms with van der Waals surface area (Å²) in [4.78, 5) is 29.0. The summed E-state index contributed by atoms with van der Waals surface area (Å²) >= 11 is 0. The summed E-state index contributed by atoms with van der Waals surface area (Å²) in [6, 6.07) is 18.9. The lowest BCUT2D eigenvalue weighted by molar-refractivity contribution is -0.116. The molecule has 4 aromatic rings. The van der Waals surface area contributed by atoms with Crippen LogP contribution in [0.5, 0.6) is 0 Å². The van der Waals surface area contributed by atoms with E-state index in [1.54, 1.807) is 10.7 Å². The number of aryl methyl sites for hydroxylation is 1. The Bertz CT molecular complexity index is 1190. The Balaban J connectivity index is 1.57. The van der Waals surface area contributed by atoms with Gasteiger partial charge < -0.3 is 5.32 Å². The lowest BCUT2D eigenvalue weighted by atomic mass is 10.2. The Kier molecular flexibility index (Phi) is 4.72. The molecule has 0 saturated carbocycles. The van der Waals surface area contributed by atoms with E-state index in [1.165, 1.54) is 10.8 Å². The van der Waals surface area contributed by atoms with Gasteiger partial charge in [-0.1, -0.05) is 42.5 Å². The highest BCUT2D eigenvalue weighted by atomic mass is 16.2. The third kappa shape index (κ3) is 3.68. The molecule has 0 aliphatic heterocycles. The summed E-state index contributed by atoms with van der Waals surface area (Å²) < 4.78 is 3.17. The Morgan fingerprint density at radius 3 is 2.64 bits per heavy atom. The number of aromatic nitrogens is 4. The molecule has 0 spiro atoms. The highest BCUT2D eigenvalue weighted by Crippen LogP contribution is 2.14. The third-order valence-corrected chi connectivity index (χ3v) is 4.40. The molecule has 0 atom stereocenters. The van der Waals surface area contributed by atoms with Crippen LogP contribution in [0.1, 0.15) is 11.3 Å². The number of nitrogens with zero attached hydrogens (tertiary/aromatic N) is 4. The first-order chi connectivity index (χ1) is 13.6. The van der Waals surface area contributed by atoms with Crippen LogP contribution in [0, 0.1) is 6.92 Å². The highest BCUT2D eigenvalue weighted by Gasteiger charge is 2.13. The maximum atomic E-state index is 12.7. The molecule has 1 N–H and O–H groups in total. The van der Waals surface area contributed by atoms with E-state index in [-0.39, 0.29) is 18.0 Å². The number of amides is 1.